The van der Waals surface area contributed by atoms with E-state index in [1.165, 1.54) is 11.0 Å². The maximum Gasteiger partial charge on any atom is 0.244 e. The first-order chi connectivity index (χ1) is 22.2. The molecule has 0 saturated heterocycles. The summed E-state index contributed by atoms with van der Waals surface area (Å²) >= 11 is 0. The number of nitrogens with zero attached hydrogens (tertiary/aromatic N) is 2. The number of nitrogens with one attached hydrogen (secondary N) is 1. The molecule has 0 aliphatic heterocycles. The Kier molecular flexibility index (Phi) is 12.3. The number of carbonyl (C=O) groups is 2. The zero-order valence-electron chi connectivity index (χ0n) is 26.1. The Labute approximate surface area is 270 Å². The predicted molar refractivity (Wildman–Crippen MR) is 178 cm³/mol. The van der Waals surface area contributed by atoms with Gasteiger partial charge in [0.25, 0.3) is 0 Å². The molecular formula is C36H40FN3O5S. The van der Waals surface area contributed by atoms with Gasteiger partial charge in [-0.25, -0.2) is 12.8 Å². The molecule has 0 saturated carbocycles. The summed E-state index contributed by atoms with van der Waals surface area (Å²) in [6.45, 7) is 1.93. The third-order valence-corrected chi connectivity index (χ3v) is 8.59. The predicted octanol–water partition coefficient (Wildman–Crippen LogP) is 5.73. The number of carbonyl (C=O) groups excluding carboxylic acids is 2. The van der Waals surface area contributed by atoms with Crippen LogP contribution in [0.3, 0.4) is 0 Å². The van der Waals surface area contributed by atoms with Gasteiger partial charge in [-0.3, -0.25) is 13.9 Å². The van der Waals surface area contributed by atoms with Crippen LogP contribution < -0.4 is 14.4 Å². The Bertz CT molecular complexity index is 1670. The summed E-state index contributed by atoms with van der Waals surface area (Å²) in [5.41, 5.74) is 2.24. The molecule has 1 atom stereocenters. The second kappa shape index (κ2) is 16.6. The second-order valence-electron chi connectivity index (χ2n) is 11.0. The number of hydrogen-bond donors (Lipinski definition) is 1. The Hall–Kier alpha value is -4.70. The number of anilines is 1. The lowest BCUT2D eigenvalue weighted by atomic mass is 10.0. The molecule has 10 heteroatoms. The lowest BCUT2D eigenvalue weighted by Crippen LogP contribution is -2.53. The Morgan fingerprint density at radius 2 is 1.46 bits per heavy atom. The molecule has 0 radical (unpaired) electrons. The molecule has 1 N–H and O–H groups in total. The van der Waals surface area contributed by atoms with Crippen LogP contribution in [0.15, 0.2) is 109 Å². The highest BCUT2D eigenvalue weighted by molar-refractivity contribution is 7.92. The summed E-state index contributed by atoms with van der Waals surface area (Å²) in [4.78, 5) is 29.1. The molecule has 4 aromatic rings. The third-order valence-electron chi connectivity index (χ3n) is 7.45. The van der Waals surface area contributed by atoms with Gasteiger partial charge in [0.05, 0.1) is 11.9 Å². The van der Waals surface area contributed by atoms with Crippen LogP contribution in [0.5, 0.6) is 5.75 Å². The quantitative estimate of drug-likeness (QED) is 0.157. The maximum absolute atomic E-state index is 14.9. The van der Waals surface area contributed by atoms with E-state index in [1.807, 2.05) is 67.6 Å². The second-order valence-corrected chi connectivity index (χ2v) is 12.9. The molecule has 8 nitrogen and oxygen atoms in total. The fraction of sp³-hybridized carbons (Fsp3) is 0.278. The average Bonchev–Trinajstić information content (AvgIpc) is 3.06. The number of unbranched alkanes of at least 4 members (excludes halogenated alkanes) is 1. The van der Waals surface area contributed by atoms with Gasteiger partial charge < -0.3 is 15.0 Å². The molecule has 0 spiro atoms. The molecule has 46 heavy (non-hydrogen) atoms. The van der Waals surface area contributed by atoms with Gasteiger partial charge in [-0.05, 0) is 47.9 Å². The molecule has 4 aromatic carbocycles. The molecule has 2 amide bonds. The summed E-state index contributed by atoms with van der Waals surface area (Å²) in [6.07, 6.45) is 2.78. The zero-order valence-corrected chi connectivity index (χ0v) is 27.0. The van der Waals surface area contributed by atoms with E-state index in [9.17, 15) is 22.4 Å². The van der Waals surface area contributed by atoms with Gasteiger partial charge in [-0.1, -0.05) is 92.2 Å². The van der Waals surface area contributed by atoms with Gasteiger partial charge in [0, 0.05) is 25.1 Å². The Morgan fingerprint density at radius 3 is 2.07 bits per heavy atom. The van der Waals surface area contributed by atoms with Crippen molar-refractivity contribution in [1.29, 1.82) is 0 Å². The summed E-state index contributed by atoms with van der Waals surface area (Å²) < 4.78 is 47.9. The van der Waals surface area contributed by atoms with Crippen LogP contribution in [-0.2, 0) is 39.2 Å². The lowest BCUT2D eigenvalue weighted by molar-refractivity contribution is -0.140. The molecular weight excluding hydrogens is 605 g/mol. The third kappa shape index (κ3) is 9.90. The van der Waals surface area contributed by atoms with Gasteiger partial charge in [0.15, 0.2) is 0 Å². The van der Waals surface area contributed by atoms with E-state index in [0.29, 0.717) is 18.9 Å². The first-order valence-corrected chi connectivity index (χ1v) is 17.1. The topological polar surface area (TPSA) is 96.0 Å². The van der Waals surface area contributed by atoms with Gasteiger partial charge >= 0.3 is 0 Å². The molecule has 1 unspecified atom stereocenters. The van der Waals surface area contributed by atoms with E-state index in [4.69, 9.17) is 4.74 Å². The standard InChI is InChI=1S/C36H40FN3O5S/c1-3-4-23-38-36(42)34(24-28-13-7-5-8-14-28)39(25-30-17-11-12-18-33(30)37)35(41)26-40(46(2,43)44)31-19-21-32(22-20-31)45-27-29-15-9-6-10-16-29/h5-22,34H,3-4,23-27H2,1-2H3,(H,38,42). The Balaban J connectivity index is 1.64. The van der Waals surface area contributed by atoms with E-state index in [1.54, 1.807) is 42.5 Å². The fourth-order valence-corrected chi connectivity index (χ4v) is 5.78. The zero-order chi connectivity index (χ0) is 32.9. The number of ether oxygens (including phenoxy) is 1. The van der Waals surface area contributed by atoms with E-state index < -0.39 is 40.2 Å². The molecule has 4 rings (SSSR count). The van der Waals surface area contributed by atoms with Crippen LogP contribution in [0.2, 0.25) is 0 Å². The van der Waals surface area contributed by atoms with Crippen LogP contribution >= 0.6 is 0 Å². The van der Waals surface area contributed by atoms with E-state index in [-0.39, 0.29) is 24.2 Å². The number of amides is 2. The van der Waals surface area contributed by atoms with Gasteiger partial charge in [-0.15, -0.1) is 0 Å². The number of sulfonamides is 1. The maximum atomic E-state index is 14.9. The van der Waals surface area contributed by atoms with Crippen LogP contribution in [0.25, 0.3) is 0 Å². The molecule has 0 aliphatic carbocycles. The van der Waals surface area contributed by atoms with Crippen molar-refractivity contribution in [2.75, 3.05) is 23.7 Å². The highest BCUT2D eigenvalue weighted by atomic mass is 32.2. The summed E-state index contributed by atoms with van der Waals surface area (Å²) in [5, 5.41) is 2.91. The van der Waals surface area contributed by atoms with Gasteiger partial charge in [0.1, 0.15) is 30.8 Å². The molecule has 242 valence electrons. The molecule has 0 fully saturated rings. The van der Waals surface area contributed by atoms with Crippen molar-refractivity contribution in [3.8, 4) is 5.75 Å². The minimum atomic E-state index is -3.95. The fourth-order valence-electron chi connectivity index (χ4n) is 4.93. The normalized spacial score (nSPS) is 11.8. The monoisotopic (exact) mass is 645 g/mol. The van der Waals surface area contributed by atoms with E-state index in [0.717, 1.165) is 34.5 Å². The SMILES string of the molecule is CCCCNC(=O)C(Cc1ccccc1)N(Cc1ccccc1F)C(=O)CN(c1ccc(OCc2ccccc2)cc1)S(C)(=O)=O. The minimum absolute atomic E-state index is 0.158. The van der Waals surface area contributed by atoms with Crippen molar-refractivity contribution in [2.45, 2.75) is 45.4 Å². The van der Waals surface area contributed by atoms with Crippen LogP contribution in [-0.4, -0.2) is 50.5 Å². The summed E-state index contributed by atoms with van der Waals surface area (Å²) in [5.74, 6) is -1.05. The first kappa shape index (κ1) is 34.2. The van der Waals surface area contributed by atoms with Crippen molar-refractivity contribution in [3.63, 3.8) is 0 Å². The van der Waals surface area contributed by atoms with Crippen molar-refractivity contribution in [3.05, 3.63) is 132 Å². The smallest absolute Gasteiger partial charge is 0.244 e. The van der Waals surface area contributed by atoms with Crippen LogP contribution in [0, 0.1) is 5.82 Å². The van der Waals surface area contributed by atoms with Crippen molar-refractivity contribution >= 4 is 27.5 Å². The van der Waals surface area contributed by atoms with Crippen LogP contribution in [0.1, 0.15) is 36.5 Å². The van der Waals surface area contributed by atoms with Gasteiger partial charge in [-0.2, -0.15) is 0 Å². The molecule has 0 heterocycles. The first-order valence-electron chi connectivity index (χ1n) is 15.2. The summed E-state index contributed by atoms with van der Waals surface area (Å²) in [6, 6.07) is 30.3. The molecule has 0 aromatic heterocycles. The summed E-state index contributed by atoms with van der Waals surface area (Å²) in [7, 11) is -3.95. The van der Waals surface area contributed by atoms with Gasteiger partial charge in [0.2, 0.25) is 21.8 Å². The lowest BCUT2D eigenvalue weighted by Gasteiger charge is -2.33. The van der Waals surface area contributed by atoms with Crippen molar-refractivity contribution in [1.82, 2.24) is 10.2 Å². The number of hydrogen-bond acceptors (Lipinski definition) is 5. The number of benzene rings is 4. The van der Waals surface area contributed by atoms with Crippen LogP contribution in [0.4, 0.5) is 10.1 Å². The minimum Gasteiger partial charge on any atom is -0.489 e. The number of rotatable bonds is 16. The van der Waals surface area contributed by atoms with E-state index in [2.05, 4.69) is 5.32 Å². The number of halogens is 1. The van der Waals surface area contributed by atoms with Crippen molar-refractivity contribution in [2.24, 2.45) is 0 Å². The highest BCUT2D eigenvalue weighted by Gasteiger charge is 2.33. The average molecular weight is 646 g/mol. The van der Waals surface area contributed by atoms with Crippen molar-refractivity contribution < 1.29 is 27.1 Å². The molecule has 0 aliphatic rings. The Morgan fingerprint density at radius 1 is 0.848 bits per heavy atom. The largest absolute Gasteiger partial charge is 0.489 e. The molecule has 0 bridgehead atoms. The van der Waals surface area contributed by atoms with E-state index >= 15 is 0 Å². The highest BCUT2D eigenvalue weighted by Crippen LogP contribution is 2.24.